The van der Waals surface area contributed by atoms with Gasteiger partial charge >= 0.3 is 0 Å². The van der Waals surface area contributed by atoms with Crippen LogP contribution in [0.1, 0.15) is 13.8 Å². The van der Waals surface area contributed by atoms with Gasteiger partial charge in [-0.2, -0.15) is 0 Å². The lowest BCUT2D eigenvalue weighted by Gasteiger charge is -2.01. The zero-order valence-corrected chi connectivity index (χ0v) is 6.72. The summed E-state index contributed by atoms with van der Waals surface area (Å²) in [4.78, 5) is 0. The van der Waals surface area contributed by atoms with Crippen LogP contribution in [0.4, 0.5) is 0 Å². The fraction of sp³-hybridized carbons (Fsp3) is 0.500. The van der Waals surface area contributed by atoms with E-state index in [0.29, 0.717) is 12.5 Å². The van der Waals surface area contributed by atoms with Crippen LogP contribution < -0.4 is 11.3 Å². The maximum absolute atomic E-state index is 5.06. The highest BCUT2D eigenvalue weighted by Gasteiger charge is 1.92. The van der Waals surface area contributed by atoms with Crippen LogP contribution in [-0.4, -0.2) is 6.54 Å². The Balaban J connectivity index is 3.56. The summed E-state index contributed by atoms with van der Waals surface area (Å²) in [5.41, 5.74) is 3.67. The normalized spacial score (nSPS) is 11.2. The van der Waals surface area contributed by atoms with E-state index in [1.165, 1.54) is 0 Å². The van der Waals surface area contributed by atoms with Crippen LogP contribution in [0.2, 0.25) is 0 Å². The molecule has 2 heteroatoms. The molecular weight excluding hydrogens is 124 g/mol. The molecule has 0 aromatic carbocycles. The topological polar surface area (TPSA) is 38.0 Å². The molecule has 0 rings (SSSR count). The molecule has 0 atom stereocenters. The van der Waals surface area contributed by atoms with Crippen molar-refractivity contribution in [3.63, 3.8) is 0 Å². The maximum atomic E-state index is 5.06. The van der Waals surface area contributed by atoms with Crippen LogP contribution in [0.5, 0.6) is 0 Å². The van der Waals surface area contributed by atoms with Crippen molar-refractivity contribution in [2.24, 2.45) is 11.8 Å². The van der Waals surface area contributed by atoms with Crippen molar-refractivity contribution in [1.82, 2.24) is 5.43 Å². The van der Waals surface area contributed by atoms with Gasteiger partial charge in [0.25, 0.3) is 0 Å². The molecule has 0 bridgehead atoms. The van der Waals surface area contributed by atoms with Crippen LogP contribution in [-0.2, 0) is 0 Å². The van der Waals surface area contributed by atoms with Crippen LogP contribution in [0.25, 0.3) is 0 Å². The predicted molar refractivity (Wildman–Crippen MR) is 45.3 cm³/mol. The van der Waals surface area contributed by atoms with Crippen molar-refractivity contribution in [3.8, 4) is 0 Å². The molecule has 0 unspecified atom stereocenters. The van der Waals surface area contributed by atoms with Crippen molar-refractivity contribution < 1.29 is 0 Å². The number of allylic oxidation sites excluding steroid dienone is 2. The van der Waals surface area contributed by atoms with E-state index in [1.54, 1.807) is 0 Å². The third-order valence-corrected chi connectivity index (χ3v) is 1.31. The summed E-state index contributed by atoms with van der Waals surface area (Å²) >= 11 is 0. The van der Waals surface area contributed by atoms with Gasteiger partial charge in [0.15, 0.2) is 0 Å². The Morgan fingerprint density at radius 3 is 2.70 bits per heavy atom. The zero-order valence-electron chi connectivity index (χ0n) is 6.72. The largest absolute Gasteiger partial charge is 0.271 e. The summed E-state index contributed by atoms with van der Waals surface area (Å²) in [6.07, 6.45) is 3.95. The predicted octanol–water partition coefficient (Wildman–Crippen LogP) is 1.22. The van der Waals surface area contributed by atoms with Crippen LogP contribution in [0.3, 0.4) is 0 Å². The summed E-state index contributed by atoms with van der Waals surface area (Å²) in [5, 5.41) is 0. The van der Waals surface area contributed by atoms with Crippen molar-refractivity contribution in [1.29, 1.82) is 0 Å². The molecule has 0 saturated carbocycles. The minimum atomic E-state index is 0.522. The van der Waals surface area contributed by atoms with Gasteiger partial charge < -0.3 is 0 Å². The van der Waals surface area contributed by atoms with Gasteiger partial charge in [-0.15, -0.1) is 0 Å². The lowest BCUT2D eigenvalue weighted by atomic mass is 10.1. The molecule has 0 aliphatic carbocycles. The SMILES string of the molecule is C=C(/C=C\CNN)C(C)C. The van der Waals surface area contributed by atoms with Crippen LogP contribution in [0, 0.1) is 5.92 Å². The van der Waals surface area contributed by atoms with Crippen LogP contribution >= 0.6 is 0 Å². The first kappa shape index (κ1) is 9.40. The first-order valence-corrected chi connectivity index (χ1v) is 3.47. The molecule has 0 heterocycles. The molecule has 10 heavy (non-hydrogen) atoms. The number of nitrogens with one attached hydrogen (secondary N) is 1. The molecule has 0 aromatic heterocycles. The van der Waals surface area contributed by atoms with E-state index in [-0.39, 0.29) is 0 Å². The summed E-state index contributed by atoms with van der Waals surface area (Å²) in [5.74, 6) is 5.58. The molecule has 0 radical (unpaired) electrons. The van der Waals surface area contributed by atoms with Gasteiger partial charge in [-0.05, 0) is 5.92 Å². The molecule has 0 aliphatic heterocycles. The smallest absolute Gasteiger partial charge is 0.0281 e. The van der Waals surface area contributed by atoms with Crippen LogP contribution in [0.15, 0.2) is 24.3 Å². The third-order valence-electron chi connectivity index (χ3n) is 1.31. The van der Waals surface area contributed by atoms with E-state index in [0.717, 1.165) is 5.57 Å². The average Bonchev–Trinajstić information content (AvgIpc) is 1.88. The fourth-order valence-electron chi connectivity index (χ4n) is 0.471. The van der Waals surface area contributed by atoms with Gasteiger partial charge in [0.2, 0.25) is 0 Å². The Labute approximate surface area is 62.8 Å². The van der Waals surface area contributed by atoms with Gasteiger partial charge in [0.1, 0.15) is 0 Å². The Hall–Kier alpha value is -0.600. The highest BCUT2D eigenvalue weighted by atomic mass is 15.2. The minimum absolute atomic E-state index is 0.522. The number of hydrazine groups is 1. The van der Waals surface area contributed by atoms with Gasteiger partial charge in [0.05, 0.1) is 0 Å². The molecule has 58 valence electrons. The van der Waals surface area contributed by atoms with E-state index in [9.17, 15) is 0 Å². The Kier molecular flexibility index (Phi) is 4.89. The molecule has 0 aliphatic rings. The van der Waals surface area contributed by atoms with E-state index in [1.807, 2.05) is 12.2 Å². The summed E-state index contributed by atoms with van der Waals surface area (Å²) < 4.78 is 0. The molecule has 0 fully saturated rings. The van der Waals surface area contributed by atoms with E-state index in [4.69, 9.17) is 5.84 Å². The molecule has 0 aromatic rings. The zero-order chi connectivity index (χ0) is 7.98. The van der Waals surface area contributed by atoms with E-state index < -0.39 is 0 Å². The Morgan fingerprint density at radius 1 is 1.70 bits per heavy atom. The number of hydrogen-bond donors (Lipinski definition) is 2. The first-order chi connectivity index (χ1) is 4.68. The highest BCUT2D eigenvalue weighted by Crippen LogP contribution is 2.06. The highest BCUT2D eigenvalue weighted by molar-refractivity contribution is 5.16. The lowest BCUT2D eigenvalue weighted by Crippen LogP contribution is -2.21. The van der Waals surface area contributed by atoms with Crippen molar-refractivity contribution >= 4 is 0 Å². The number of rotatable bonds is 4. The minimum Gasteiger partial charge on any atom is -0.271 e. The molecule has 2 nitrogen and oxygen atoms in total. The van der Waals surface area contributed by atoms with E-state index in [2.05, 4.69) is 25.9 Å². The summed E-state index contributed by atoms with van der Waals surface area (Å²) in [7, 11) is 0. The van der Waals surface area contributed by atoms with Crippen molar-refractivity contribution in [3.05, 3.63) is 24.3 Å². The monoisotopic (exact) mass is 140 g/mol. The van der Waals surface area contributed by atoms with Crippen molar-refractivity contribution in [2.75, 3.05) is 6.54 Å². The Bertz CT molecular complexity index is 125. The Morgan fingerprint density at radius 2 is 2.30 bits per heavy atom. The maximum Gasteiger partial charge on any atom is 0.0281 e. The van der Waals surface area contributed by atoms with Gasteiger partial charge in [-0.1, -0.05) is 38.2 Å². The number of hydrogen-bond acceptors (Lipinski definition) is 2. The average molecular weight is 140 g/mol. The number of nitrogens with two attached hydrogens (primary N) is 1. The molecule has 0 amide bonds. The van der Waals surface area contributed by atoms with Gasteiger partial charge in [0, 0.05) is 6.54 Å². The lowest BCUT2D eigenvalue weighted by molar-refractivity contribution is 0.788. The first-order valence-electron chi connectivity index (χ1n) is 3.47. The molecular formula is C8H16N2. The molecule has 0 saturated heterocycles. The third kappa shape index (κ3) is 4.30. The van der Waals surface area contributed by atoms with Crippen molar-refractivity contribution in [2.45, 2.75) is 13.8 Å². The standard InChI is InChI=1S/C8H16N2/c1-7(2)8(3)5-4-6-10-9/h4-5,7,10H,3,6,9H2,1-2H3/b5-4-. The van der Waals surface area contributed by atoms with Gasteiger partial charge in [-0.3, -0.25) is 11.3 Å². The second kappa shape index (κ2) is 5.21. The van der Waals surface area contributed by atoms with E-state index >= 15 is 0 Å². The fourth-order valence-corrected chi connectivity index (χ4v) is 0.471. The quantitative estimate of drug-likeness (QED) is 0.350. The second-order valence-corrected chi connectivity index (χ2v) is 2.54. The summed E-state index contributed by atoms with van der Waals surface area (Å²) in [6.45, 7) is 8.80. The summed E-state index contributed by atoms with van der Waals surface area (Å²) in [6, 6.07) is 0. The van der Waals surface area contributed by atoms with Gasteiger partial charge in [-0.25, -0.2) is 0 Å². The second-order valence-electron chi connectivity index (χ2n) is 2.54. The molecule has 3 N–H and O–H groups in total. The molecule has 0 spiro atoms.